The van der Waals surface area contributed by atoms with E-state index in [0.29, 0.717) is 60.1 Å². The molecule has 0 saturated heterocycles. The van der Waals surface area contributed by atoms with Crippen LogP contribution in [0.1, 0.15) is 97.7 Å². The highest BCUT2D eigenvalue weighted by molar-refractivity contribution is 7.86. The first-order valence-corrected chi connectivity index (χ1v) is 26.5. The van der Waals surface area contributed by atoms with Crippen LogP contribution in [-0.2, 0) is 42.4 Å². The van der Waals surface area contributed by atoms with Crippen LogP contribution in [0.5, 0.6) is 5.75 Å². The molecule has 19 heteroatoms. The third-order valence-electron chi connectivity index (χ3n) is 13.8. The quantitative estimate of drug-likeness (QED) is 0.0163. The minimum atomic E-state index is -4.65. The number of fused-ring (bicyclic) bond motifs is 4. The summed E-state index contributed by atoms with van der Waals surface area (Å²) in [5.74, 6) is -3.25. The van der Waals surface area contributed by atoms with Crippen LogP contribution in [0.2, 0.25) is 0 Å². The van der Waals surface area contributed by atoms with Gasteiger partial charge >= 0.3 is 11.9 Å². The molecule has 0 unspecified atom stereocenters. The van der Waals surface area contributed by atoms with Gasteiger partial charge < -0.3 is 30.0 Å². The van der Waals surface area contributed by atoms with Crippen LogP contribution in [0.25, 0.3) is 33.4 Å². The molecule has 6 N–H and O–H groups in total. The van der Waals surface area contributed by atoms with Gasteiger partial charge in [-0.05, 0) is 105 Å². The number of carboxylic acids is 2. The molecule has 0 bridgehead atoms. The fraction of sp³-hybridized carbons (Fsp3) is 0.255. The van der Waals surface area contributed by atoms with E-state index in [9.17, 15) is 60.4 Å². The average molecular weight is 1050 g/mol. The van der Waals surface area contributed by atoms with Crippen LogP contribution in [0, 0.1) is 0 Å². The summed E-state index contributed by atoms with van der Waals surface area (Å²) in [6.07, 6.45) is 10.9. The molecule has 3 heterocycles. The number of carbonyl (C=O) groups is 3. The van der Waals surface area contributed by atoms with Crippen LogP contribution >= 0.6 is 0 Å². The second-order valence-electron chi connectivity index (χ2n) is 19.1. The van der Waals surface area contributed by atoms with Gasteiger partial charge in [0.15, 0.2) is 11.1 Å². The Labute approximate surface area is 427 Å². The van der Waals surface area contributed by atoms with Gasteiger partial charge in [0, 0.05) is 64.4 Å². The maximum absolute atomic E-state index is 13.4. The number of hydrogen-bond donors (Lipinski definition) is 6. The smallest absolute Gasteiger partial charge is 0.336 e. The van der Waals surface area contributed by atoms with Gasteiger partial charge in [-0.15, -0.1) is 0 Å². The Balaban J connectivity index is 0.982. The van der Waals surface area contributed by atoms with Crippen molar-refractivity contribution in [3.63, 3.8) is 0 Å². The van der Waals surface area contributed by atoms with Crippen molar-refractivity contribution in [2.75, 3.05) is 18.0 Å². The zero-order valence-electron chi connectivity index (χ0n) is 41.0. The lowest BCUT2D eigenvalue weighted by molar-refractivity contribution is -0.433. The molecule has 384 valence electrons. The van der Waals surface area contributed by atoms with Crippen LogP contribution in [0.15, 0.2) is 140 Å². The predicted octanol–water partition coefficient (Wildman–Crippen LogP) is 9.23. The fourth-order valence-corrected chi connectivity index (χ4v) is 11.4. The number of aromatic hydroxyl groups is 1. The van der Waals surface area contributed by atoms with Crippen LogP contribution in [-0.4, -0.2) is 82.5 Å². The zero-order chi connectivity index (χ0) is 53.7. The van der Waals surface area contributed by atoms with Gasteiger partial charge in [-0.3, -0.25) is 18.7 Å². The summed E-state index contributed by atoms with van der Waals surface area (Å²) in [4.78, 5) is 52.5. The van der Waals surface area contributed by atoms with Crippen molar-refractivity contribution in [2.45, 2.75) is 87.5 Å². The summed E-state index contributed by atoms with van der Waals surface area (Å²) in [6.45, 7) is 10.5. The number of anilines is 1. The standard InChI is InChI=1S/C55H53N3O14S2/c1-6-57-42-25-21-34(73(66,67)68)30-41(42)55(4,5)46(57)16-9-7-10-17-47-54(2,3)40-14-13-15-45(74(69,70)71)50(40)58(47)27-12-8-11-18-48(61)56-31-39-43(60)26-24-37-49(36-23-20-33(59)29-44(36)72-51(37)39)35-22-19-32(52(62)63)28-38(35)53(64)65/h7,9-10,13-17,19-26,28-30H,6,8,11-12,18,27,31H2,1-5H3,(H5-,56,59,60,61,62,63,64,65,66,67,68,69,70,71)/p+1. The highest BCUT2D eigenvalue weighted by Crippen LogP contribution is 2.51. The Kier molecular flexibility index (Phi) is 14.2. The van der Waals surface area contributed by atoms with E-state index in [1.807, 2.05) is 76.0 Å². The maximum Gasteiger partial charge on any atom is 0.336 e. The molecule has 3 aliphatic heterocycles. The highest BCUT2D eigenvalue weighted by Gasteiger charge is 2.45. The van der Waals surface area contributed by atoms with Crippen molar-refractivity contribution in [1.82, 2.24) is 5.32 Å². The number of phenols is 1. The summed E-state index contributed by atoms with van der Waals surface area (Å²) in [6, 6.07) is 19.9. The highest BCUT2D eigenvalue weighted by atomic mass is 32.2. The number of carbonyl (C=O) groups excluding carboxylic acids is 1. The summed E-state index contributed by atoms with van der Waals surface area (Å²) in [7, 11) is -9.06. The van der Waals surface area contributed by atoms with E-state index in [2.05, 4.69) is 9.89 Å². The van der Waals surface area contributed by atoms with Crippen LogP contribution in [0.4, 0.5) is 11.4 Å². The number of nitrogens with one attached hydrogen (secondary N) is 1. The predicted molar refractivity (Wildman–Crippen MR) is 278 cm³/mol. The molecule has 8 rings (SSSR count). The lowest BCUT2D eigenvalue weighted by atomic mass is 9.81. The van der Waals surface area contributed by atoms with E-state index in [1.54, 1.807) is 12.1 Å². The summed E-state index contributed by atoms with van der Waals surface area (Å²) in [5, 5.41) is 33.3. The van der Waals surface area contributed by atoms with E-state index in [4.69, 9.17) is 4.42 Å². The lowest BCUT2D eigenvalue weighted by Crippen LogP contribution is -2.28. The molecule has 0 saturated carbocycles. The van der Waals surface area contributed by atoms with Crippen molar-refractivity contribution in [1.29, 1.82) is 0 Å². The molecule has 0 radical (unpaired) electrons. The molecule has 0 spiro atoms. The molecule has 4 aromatic rings. The number of carboxylic acid groups (broad SMARTS) is 2. The van der Waals surface area contributed by atoms with Crippen molar-refractivity contribution in [3.05, 3.63) is 159 Å². The number of hydrogen-bond acceptors (Lipinski definition) is 11. The molecule has 74 heavy (non-hydrogen) atoms. The third kappa shape index (κ3) is 9.90. The van der Waals surface area contributed by atoms with E-state index in [-0.39, 0.29) is 68.0 Å². The molecule has 1 amide bonds. The Bertz CT molecular complexity index is 3720. The van der Waals surface area contributed by atoms with E-state index in [0.717, 1.165) is 28.7 Å². The SMILES string of the molecule is CC[N+]1=C(/C=C/C=C/C=C2/N(CCCCCC(=O)NCc3c4oc5cc(O)ccc5c(-c5ccc(C(=O)O)cc5C(=O)O)c-4ccc3=O)c3c(cccc3S(=O)(=O)O)C2(C)C)C(C)(C)c2cc(S(=O)(=O)O)ccc21. The first-order chi connectivity index (χ1) is 34.9. The third-order valence-corrected chi connectivity index (χ3v) is 15.5. The van der Waals surface area contributed by atoms with Gasteiger partial charge in [-0.1, -0.05) is 56.7 Å². The number of aromatic carboxylic acids is 2. The lowest BCUT2D eigenvalue weighted by Gasteiger charge is -2.27. The van der Waals surface area contributed by atoms with Crippen molar-refractivity contribution < 1.29 is 64.6 Å². The Morgan fingerprint density at radius 3 is 2.22 bits per heavy atom. The molecule has 1 aliphatic carbocycles. The average Bonchev–Trinajstić information content (AvgIpc) is 3.69. The van der Waals surface area contributed by atoms with E-state index in [1.165, 1.54) is 60.7 Å². The minimum absolute atomic E-state index is 0.0299. The van der Waals surface area contributed by atoms with Gasteiger partial charge in [0.25, 0.3) is 20.2 Å². The normalized spacial score (nSPS) is 15.7. The topological polar surface area (TPSA) is 269 Å². The number of rotatable bonds is 17. The summed E-state index contributed by atoms with van der Waals surface area (Å²) in [5.41, 5.74) is 2.86. The number of benzene rings is 5. The molecule has 4 aliphatic rings. The van der Waals surface area contributed by atoms with E-state index < -0.39 is 48.4 Å². The van der Waals surface area contributed by atoms with Crippen molar-refractivity contribution >= 4 is 66.1 Å². The molecule has 0 atom stereocenters. The number of phenolic OH excluding ortho intramolecular Hbond substituents is 1. The second kappa shape index (κ2) is 20.0. The number of nitrogens with zero attached hydrogens (tertiary/aromatic N) is 2. The Morgan fingerprint density at radius 2 is 1.53 bits per heavy atom. The van der Waals surface area contributed by atoms with Gasteiger partial charge in [0.1, 0.15) is 28.5 Å². The molecule has 4 aromatic carbocycles. The van der Waals surface area contributed by atoms with Crippen molar-refractivity contribution in [2.24, 2.45) is 0 Å². The number of unbranched alkanes of at least 4 members (excludes halogenated alkanes) is 2. The monoisotopic (exact) mass is 1040 g/mol. The largest absolute Gasteiger partial charge is 0.508 e. The van der Waals surface area contributed by atoms with Gasteiger partial charge in [-0.2, -0.15) is 21.4 Å². The van der Waals surface area contributed by atoms with Gasteiger partial charge in [-0.25, -0.2) is 9.59 Å². The minimum Gasteiger partial charge on any atom is -0.508 e. The van der Waals surface area contributed by atoms with Gasteiger partial charge in [0.2, 0.25) is 11.6 Å². The molecular weight excluding hydrogens is 991 g/mol. The number of amides is 1. The molecule has 0 fully saturated rings. The van der Waals surface area contributed by atoms with Crippen LogP contribution < -0.4 is 15.6 Å². The van der Waals surface area contributed by atoms with E-state index >= 15 is 0 Å². The molecule has 0 aromatic heterocycles. The summed E-state index contributed by atoms with van der Waals surface area (Å²) >= 11 is 0. The molecular formula is C55H54N3O14S2+. The zero-order valence-corrected chi connectivity index (χ0v) is 42.7. The maximum atomic E-state index is 13.4. The second-order valence-corrected chi connectivity index (χ2v) is 22.0. The Morgan fingerprint density at radius 1 is 0.784 bits per heavy atom. The van der Waals surface area contributed by atoms with Crippen LogP contribution in [0.3, 0.4) is 0 Å². The summed E-state index contributed by atoms with van der Waals surface area (Å²) < 4.78 is 77.9. The first-order valence-electron chi connectivity index (χ1n) is 23.7. The Hall–Kier alpha value is -7.71. The first kappa shape index (κ1) is 52.6. The van der Waals surface area contributed by atoms with Gasteiger partial charge in [0.05, 0.1) is 39.2 Å². The fourth-order valence-electron chi connectivity index (χ4n) is 10.2. The molecule has 17 nitrogen and oxygen atoms in total. The number of allylic oxidation sites excluding steroid dienone is 6. The number of para-hydroxylation sites is 1. The van der Waals surface area contributed by atoms with Crippen molar-refractivity contribution in [3.8, 4) is 28.2 Å².